The van der Waals surface area contributed by atoms with E-state index in [4.69, 9.17) is 0 Å². The third-order valence-electron chi connectivity index (χ3n) is 3.21. The van der Waals surface area contributed by atoms with Crippen molar-refractivity contribution < 1.29 is 35.9 Å². The van der Waals surface area contributed by atoms with Gasteiger partial charge in [-0.15, -0.1) is 0 Å². The van der Waals surface area contributed by atoms with Crippen LogP contribution in [0.5, 0.6) is 0 Å². The summed E-state index contributed by atoms with van der Waals surface area (Å²) >= 11 is 0. The summed E-state index contributed by atoms with van der Waals surface area (Å²) in [6, 6.07) is 0. The zero-order valence-corrected chi connectivity index (χ0v) is 10.6. The van der Waals surface area contributed by atoms with Gasteiger partial charge in [-0.25, -0.2) is 4.79 Å². The number of carbonyl (C=O) groups is 1. The molecule has 1 saturated carbocycles. The van der Waals surface area contributed by atoms with Gasteiger partial charge in [-0.1, -0.05) is 6.58 Å². The van der Waals surface area contributed by atoms with Crippen LogP contribution in [0.4, 0.5) is 26.3 Å². The Balaban J connectivity index is 2.85. The second-order valence-electron chi connectivity index (χ2n) is 4.99. The van der Waals surface area contributed by atoms with Crippen molar-refractivity contribution in [3.8, 4) is 0 Å². The van der Waals surface area contributed by atoms with Crippen LogP contribution in [0.25, 0.3) is 0 Å². The number of hydrogen-bond donors (Lipinski definition) is 0. The fraction of sp³-hybridized carbons (Fsp3) is 0.750. The normalized spacial score (nSPS) is 28.1. The van der Waals surface area contributed by atoms with Gasteiger partial charge in [-0.05, 0) is 26.2 Å². The minimum atomic E-state index is -4.74. The minimum absolute atomic E-state index is 0.0670. The summed E-state index contributed by atoms with van der Waals surface area (Å²) in [5, 5.41) is 0. The molecule has 20 heavy (non-hydrogen) atoms. The minimum Gasteiger partial charge on any atom is -0.459 e. The van der Waals surface area contributed by atoms with E-state index in [-0.39, 0.29) is 5.57 Å². The summed E-state index contributed by atoms with van der Waals surface area (Å²) in [5.41, 5.74) is -0.0670. The maximum absolute atomic E-state index is 12.6. The van der Waals surface area contributed by atoms with Gasteiger partial charge in [-0.2, -0.15) is 26.3 Å². The van der Waals surface area contributed by atoms with Crippen molar-refractivity contribution in [3.63, 3.8) is 0 Å². The molecular formula is C12H14F6O2. The molecule has 1 aliphatic rings. The summed E-state index contributed by atoms with van der Waals surface area (Å²) in [4.78, 5) is 11.2. The molecule has 0 radical (unpaired) electrons. The van der Waals surface area contributed by atoms with E-state index in [9.17, 15) is 31.1 Å². The Morgan fingerprint density at radius 1 is 1.00 bits per heavy atom. The van der Waals surface area contributed by atoms with Gasteiger partial charge >= 0.3 is 18.3 Å². The Kier molecular flexibility index (Phi) is 4.76. The van der Waals surface area contributed by atoms with Crippen LogP contribution in [0.15, 0.2) is 12.2 Å². The Bertz CT molecular complexity index is 362. The summed E-state index contributed by atoms with van der Waals surface area (Å²) in [6.07, 6.45) is -13.2. The smallest absolute Gasteiger partial charge is 0.391 e. The van der Waals surface area contributed by atoms with Crippen LogP contribution in [-0.2, 0) is 9.53 Å². The molecule has 0 aromatic heterocycles. The van der Waals surface area contributed by atoms with E-state index in [1.165, 1.54) is 6.92 Å². The lowest BCUT2D eigenvalue weighted by Crippen LogP contribution is -2.41. The lowest BCUT2D eigenvalue weighted by molar-refractivity contribution is -0.236. The van der Waals surface area contributed by atoms with Crippen LogP contribution >= 0.6 is 0 Å². The molecular weight excluding hydrogens is 290 g/mol. The van der Waals surface area contributed by atoms with Gasteiger partial charge in [0.05, 0.1) is 11.8 Å². The Morgan fingerprint density at radius 3 is 1.70 bits per heavy atom. The quantitative estimate of drug-likeness (QED) is 0.437. The zero-order valence-electron chi connectivity index (χ0n) is 10.6. The van der Waals surface area contributed by atoms with Crippen molar-refractivity contribution in [1.29, 1.82) is 0 Å². The molecule has 0 heterocycles. The first kappa shape index (κ1) is 16.8. The van der Waals surface area contributed by atoms with Gasteiger partial charge in [0.1, 0.15) is 6.10 Å². The van der Waals surface area contributed by atoms with Crippen LogP contribution in [-0.4, -0.2) is 24.4 Å². The number of rotatable bonds is 2. The van der Waals surface area contributed by atoms with Gasteiger partial charge in [-0.3, -0.25) is 0 Å². The molecule has 2 nitrogen and oxygen atoms in total. The highest BCUT2D eigenvalue weighted by atomic mass is 19.4. The van der Waals surface area contributed by atoms with E-state index in [0.717, 1.165) is 0 Å². The lowest BCUT2D eigenvalue weighted by atomic mass is 9.79. The van der Waals surface area contributed by atoms with E-state index in [0.29, 0.717) is 0 Å². The first-order valence-corrected chi connectivity index (χ1v) is 5.91. The highest BCUT2D eigenvalue weighted by Crippen LogP contribution is 2.46. The third kappa shape index (κ3) is 4.42. The molecule has 0 N–H and O–H groups in total. The Morgan fingerprint density at radius 2 is 1.40 bits per heavy atom. The van der Waals surface area contributed by atoms with Crippen LogP contribution in [0, 0.1) is 11.8 Å². The lowest BCUT2D eigenvalue weighted by Gasteiger charge is -2.36. The highest BCUT2D eigenvalue weighted by molar-refractivity contribution is 5.87. The van der Waals surface area contributed by atoms with Crippen LogP contribution < -0.4 is 0 Å². The van der Waals surface area contributed by atoms with Crippen molar-refractivity contribution in [2.24, 2.45) is 11.8 Å². The molecule has 2 atom stereocenters. The topological polar surface area (TPSA) is 26.3 Å². The number of halogens is 6. The van der Waals surface area contributed by atoms with Crippen LogP contribution in [0.2, 0.25) is 0 Å². The number of carbonyl (C=O) groups excluding carboxylic acids is 1. The van der Waals surface area contributed by atoms with Crippen molar-refractivity contribution in [1.82, 2.24) is 0 Å². The molecule has 0 saturated heterocycles. The number of ether oxygens (including phenoxy) is 1. The molecule has 2 unspecified atom stereocenters. The average molecular weight is 304 g/mol. The van der Waals surface area contributed by atoms with Crippen molar-refractivity contribution >= 4 is 5.97 Å². The van der Waals surface area contributed by atoms with E-state index in [1.54, 1.807) is 0 Å². The second kappa shape index (κ2) is 5.65. The van der Waals surface area contributed by atoms with Crippen LogP contribution in [0.3, 0.4) is 0 Å². The molecule has 0 bridgehead atoms. The van der Waals surface area contributed by atoms with Gasteiger partial charge < -0.3 is 4.74 Å². The van der Waals surface area contributed by atoms with Gasteiger partial charge in [0.25, 0.3) is 0 Å². The predicted octanol–water partition coefficient (Wildman–Crippen LogP) is 4.02. The Labute approximate surface area is 111 Å². The zero-order chi connectivity index (χ0) is 15.7. The number of hydrogen-bond acceptors (Lipinski definition) is 2. The summed E-state index contributed by atoms with van der Waals surface area (Å²) in [7, 11) is 0. The van der Waals surface area contributed by atoms with Crippen molar-refractivity contribution in [3.05, 3.63) is 12.2 Å². The third-order valence-corrected chi connectivity index (χ3v) is 3.21. The molecule has 0 aromatic carbocycles. The molecule has 0 spiro atoms. The summed E-state index contributed by atoms with van der Waals surface area (Å²) in [6.45, 7) is 4.51. The first-order chi connectivity index (χ1) is 8.91. The van der Waals surface area contributed by atoms with E-state index in [2.05, 4.69) is 11.3 Å². The molecule has 1 fully saturated rings. The van der Waals surface area contributed by atoms with E-state index >= 15 is 0 Å². The van der Waals surface area contributed by atoms with Crippen molar-refractivity contribution in [2.45, 2.75) is 44.6 Å². The molecule has 1 rings (SSSR count). The fourth-order valence-electron chi connectivity index (χ4n) is 2.15. The maximum atomic E-state index is 12.6. The van der Waals surface area contributed by atoms with Crippen molar-refractivity contribution in [2.75, 3.05) is 0 Å². The average Bonchev–Trinajstić information content (AvgIpc) is 2.26. The SMILES string of the molecule is C=C(C)C(=O)OC1CC(C(F)(F)F)CC(C(F)(F)F)C1. The molecule has 8 heteroatoms. The van der Waals surface area contributed by atoms with E-state index in [1.807, 2.05) is 0 Å². The number of esters is 1. The maximum Gasteiger partial charge on any atom is 0.391 e. The largest absolute Gasteiger partial charge is 0.459 e. The predicted molar refractivity (Wildman–Crippen MR) is 57.6 cm³/mol. The molecule has 0 aliphatic heterocycles. The Hall–Kier alpha value is -1.21. The second-order valence-corrected chi connectivity index (χ2v) is 4.99. The van der Waals surface area contributed by atoms with Gasteiger partial charge in [0.15, 0.2) is 0 Å². The monoisotopic (exact) mass is 304 g/mol. The summed E-state index contributed by atoms with van der Waals surface area (Å²) in [5.74, 6) is -5.21. The number of alkyl halides is 6. The molecule has 116 valence electrons. The highest BCUT2D eigenvalue weighted by Gasteiger charge is 2.52. The molecule has 0 aromatic rings. The van der Waals surface area contributed by atoms with Gasteiger partial charge in [0.2, 0.25) is 0 Å². The summed E-state index contributed by atoms with van der Waals surface area (Å²) < 4.78 is 80.5. The van der Waals surface area contributed by atoms with Crippen LogP contribution in [0.1, 0.15) is 26.2 Å². The molecule has 1 aliphatic carbocycles. The fourth-order valence-corrected chi connectivity index (χ4v) is 2.15. The van der Waals surface area contributed by atoms with Gasteiger partial charge in [0, 0.05) is 5.57 Å². The standard InChI is InChI=1S/C12H14F6O2/c1-6(2)10(19)20-9-4-7(11(13,14)15)3-8(5-9)12(16,17)18/h7-9H,1,3-5H2,2H3. The van der Waals surface area contributed by atoms with E-state index < -0.39 is 55.5 Å². The first-order valence-electron chi connectivity index (χ1n) is 5.91. The molecule has 0 amide bonds.